The summed E-state index contributed by atoms with van der Waals surface area (Å²) in [5.41, 5.74) is 5.36. The summed E-state index contributed by atoms with van der Waals surface area (Å²) in [4.78, 5) is 20.8. The zero-order valence-electron chi connectivity index (χ0n) is 9.05. The summed E-state index contributed by atoms with van der Waals surface area (Å²) >= 11 is 0. The van der Waals surface area contributed by atoms with Gasteiger partial charge in [-0.1, -0.05) is 0 Å². The fraction of sp³-hybridized carbons (Fsp3) is 0.300. The molecule has 6 nitrogen and oxygen atoms in total. The number of carbonyl (C=O) groups is 1. The lowest BCUT2D eigenvalue weighted by Gasteiger charge is -2.08. The second-order valence-corrected chi connectivity index (χ2v) is 3.41. The molecule has 0 aliphatic rings. The van der Waals surface area contributed by atoms with E-state index in [4.69, 9.17) is 5.73 Å². The van der Waals surface area contributed by atoms with E-state index in [2.05, 4.69) is 4.74 Å². The highest BCUT2D eigenvalue weighted by Gasteiger charge is 2.17. The van der Waals surface area contributed by atoms with Gasteiger partial charge in [0.05, 0.1) is 18.1 Å². The number of rotatable bonds is 4. The highest BCUT2D eigenvalue weighted by molar-refractivity contribution is 5.75. The van der Waals surface area contributed by atoms with Crippen LogP contribution in [-0.4, -0.2) is 24.0 Å². The largest absolute Gasteiger partial charge is 0.468 e. The quantitative estimate of drug-likeness (QED) is 0.478. The fourth-order valence-electron chi connectivity index (χ4n) is 1.35. The lowest BCUT2D eigenvalue weighted by molar-refractivity contribution is -0.385. The molecular weight excluding hydrogens is 231 g/mol. The van der Waals surface area contributed by atoms with Gasteiger partial charge in [-0.3, -0.25) is 14.9 Å². The Morgan fingerprint density at radius 1 is 1.59 bits per heavy atom. The first kappa shape index (κ1) is 13.0. The summed E-state index contributed by atoms with van der Waals surface area (Å²) in [6.07, 6.45) is -0.0225. The van der Waals surface area contributed by atoms with Gasteiger partial charge >= 0.3 is 5.97 Å². The van der Waals surface area contributed by atoms with Gasteiger partial charge in [-0.2, -0.15) is 0 Å². The molecule has 1 atom stereocenters. The smallest absolute Gasteiger partial charge is 0.322 e. The van der Waals surface area contributed by atoms with Crippen LogP contribution in [0.5, 0.6) is 0 Å². The molecule has 0 saturated heterocycles. The lowest BCUT2D eigenvalue weighted by atomic mass is 10.1. The van der Waals surface area contributed by atoms with Gasteiger partial charge < -0.3 is 10.5 Å². The standard InChI is InChI=1S/C10H11FN2O4/c1-17-10(14)9(12)4-6-2-7(11)5-8(3-6)13(15)16/h2-3,5,9H,4,12H2,1H3. The predicted molar refractivity (Wildman–Crippen MR) is 56.7 cm³/mol. The van der Waals surface area contributed by atoms with Crippen LogP contribution < -0.4 is 5.73 Å². The molecule has 1 unspecified atom stereocenters. The maximum absolute atomic E-state index is 13.1. The topological polar surface area (TPSA) is 95.5 Å². The number of esters is 1. The number of nitro groups is 1. The number of ether oxygens (including phenoxy) is 1. The SMILES string of the molecule is COC(=O)C(N)Cc1cc(F)cc([N+](=O)[O-])c1. The highest BCUT2D eigenvalue weighted by atomic mass is 19.1. The van der Waals surface area contributed by atoms with Crippen LogP contribution in [0.15, 0.2) is 18.2 Å². The van der Waals surface area contributed by atoms with Crippen molar-refractivity contribution < 1.29 is 18.8 Å². The molecule has 1 aromatic carbocycles. The van der Waals surface area contributed by atoms with E-state index >= 15 is 0 Å². The molecule has 1 rings (SSSR count). The zero-order chi connectivity index (χ0) is 13.0. The number of benzene rings is 1. The van der Waals surface area contributed by atoms with Gasteiger partial charge in [0.15, 0.2) is 0 Å². The van der Waals surface area contributed by atoms with Crippen LogP contribution in [0.2, 0.25) is 0 Å². The maximum Gasteiger partial charge on any atom is 0.322 e. The number of nitrogens with zero attached hydrogens (tertiary/aromatic N) is 1. The fourth-order valence-corrected chi connectivity index (χ4v) is 1.35. The number of nitro benzene ring substituents is 1. The minimum Gasteiger partial charge on any atom is -0.468 e. The van der Waals surface area contributed by atoms with Gasteiger partial charge in [-0.15, -0.1) is 0 Å². The summed E-state index contributed by atoms with van der Waals surface area (Å²) in [6, 6.07) is 2.09. The van der Waals surface area contributed by atoms with Gasteiger partial charge in [0.2, 0.25) is 0 Å². The lowest BCUT2D eigenvalue weighted by Crippen LogP contribution is -2.33. The van der Waals surface area contributed by atoms with E-state index < -0.39 is 22.8 Å². The third-order valence-electron chi connectivity index (χ3n) is 2.11. The van der Waals surface area contributed by atoms with Crippen molar-refractivity contribution >= 4 is 11.7 Å². The Bertz CT molecular complexity index is 450. The van der Waals surface area contributed by atoms with E-state index in [9.17, 15) is 19.3 Å². The van der Waals surface area contributed by atoms with Crippen molar-refractivity contribution in [1.82, 2.24) is 0 Å². The number of hydrogen-bond acceptors (Lipinski definition) is 5. The summed E-state index contributed by atoms with van der Waals surface area (Å²) in [6.45, 7) is 0. The first-order chi connectivity index (χ1) is 7.93. The van der Waals surface area contributed by atoms with Crippen molar-refractivity contribution in [1.29, 1.82) is 0 Å². The Kier molecular flexibility index (Phi) is 4.11. The third kappa shape index (κ3) is 3.49. The molecule has 0 bridgehead atoms. The van der Waals surface area contributed by atoms with Gasteiger partial charge in [0.1, 0.15) is 11.9 Å². The molecule has 0 heterocycles. The van der Waals surface area contributed by atoms with Crippen molar-refractivity contribution in [3.05, 3.63) is 39.7 Å². The Morgan fingerprint density at radius 2 is 2.24 bits per heavy atom. The molecule has 0 radical (unpaired) electrons. The average molecular weight is 242 g/mol. The molecule has 17 heavy (non-hydrogen) atoms. The van der Waals surface area contributed by atoms with Gasteiger partial charge in [0, 0.05) is 6.07 Å². The monoisotopic (exact) mass is 242 g/mol. The van der Waals surface area contributed by atoms with Crippen LogP contribution in [0, 0.1) is 15.9 Å². The zero-order valence-corrected chi connectivity index (χ0v) is 9.05. The van der Waals surface area contributed by atoms with Gasteiger partial charge in [-0.25, -0.2) is 4.39 Å². The van der Waals surface area contributed by atoms with Crippen molar-refractivity contribution in [3.8, 4) is 0 Å². The Balaban J connectivity index is 2.91. The minimum absolute atomic E-state index is 0.0225. The van der Waals surface area contributed by atoms with E-state index in [-0.39, 0.29) is 17.7 Å². The molecule has 0 aliphatic carbocycles. The first-order valence-electron chi connectivity index (χ1n) is 4.71. The molecular formula is C10H11FN2O4. The normalized spacial score (nSPS) is 11.9. The molecule has 0 saturated carbocycles. The minimum atomic E-state index is -0.971. The molecule has 0 aromatic heterocycles. The Morgan fingerprint density at radius 3 is 2.76 bits per heavy atom. The maximum atomic E-state index is 13.1. The van der Waals surface area contributed by atoms with Crippen LogP contribution in [0.4, 0.5) is 10.1 Å². The summed E-state index contributed by atoms with van der Waals surface area (Å²) < 4.78 is 17.5. The second-order valence-electron chi connectivity index (χ2n) is 3.41. The number of halogens is 1. The second kappa shape index (κ2) is 5.35. The van der Waals surface area contributed by atoms with E-state index in [0.717, 1.165) is 12.1 Å². The average Bonchev–Trinajstić information content (AvgIpc) is 2.26. The van der Waals surface area contributed by atoms with Gasteiger partial charge in [0.25, 0.3) is 5.69 Å². The molecule has 7 heteroatoms. The summed E-state index contributed by atoms with van der Waals surface area (Å²) in [5, 5.41) is 10.5. The summed E-state index contributed by atoms with van der Waals surface area (Å²) in [5.74, 6) is -1.40. The van der Waals surface area contributed by atoms with Crippen LogP contribution in [0.3, 0.4) is 0 Å². The number of hydrogen-bond donors (Lipinski definition) is 1. The van der Waals surface area contributed by atoms with E-state index in [0.29, 0.717) is 0 Å². The van der Waals surface area contributed by atoms with Crippen LogP contribution >= 0.6 is 0 Å². The number of non-ortho nitro benzene ring substituents is 1. The first-order valence-corrected chi connectivity index (χ1v) is 4.71. The molecule has 0 amide bonds. The molecule has 2 N–H and O–H groups in total. The number of methoxy groups -OCH3 is 1. The van der Waals surface area contributed by atoms with Crippen molar-refractivity contribution in [2.24, 2.45) is 5.73 Å². The third-order valence-corrected chi connectivity index (χ3v) is 2.11. The molecule has 0 fully saturated rings. The van der Waals surface area contributed by atoms with Crippen molar-refractivity contribution in [2.75, 3.05) is 7.11 Å². The molecule has 1 aromatic rings. The van der Waals surface area contributed by atoms with E-state index in [1.807, 2.05) is 0 Å². The van der Waals surface area contributed by atoms with E-state index in [1.54, 1.807) is 0 Å². The Hall–Kier alpha value is -2.02. The predicted octanol–water partition coefficient (Wildman–Crippen LogP) is 0.777. The van der Waals surface area contributed by atoms with Crippen molar-refractivity contribution in [2.45, 2.75) is 12.5 Å². The van der Waals surface area contributed by atoms with E-state index in [1.165, 1.54) is 13.2 Å². The van der Waals surface area contributed by atoms with Crippen LogP contribution in [-0.2, 0) is 16.0 Å². The van der Waals surface area contributed by atoms with Crippen LogP contribution in [0.25, 0.3) is 0 Å². The molecule has 92 valence electrons. The van der Waals surface area contributed by atoms with Gasteiger partial charge in [-0.05, 0) is 18.1 Å². The van der Waals surface area contributed by atoms with Crippen LogP contribution in [0.1, 0.15) is 5.56 Å². The number of nitrogens with two attached hydrogens (primary N) is 1. The Labute approximate surface area is 96.3 Å². The molecule has 0 aliphatic heterocycles. The summed E-state index contributed by atoms with van der Waals surface area (Å²) in [7, 11) is 1.18. The number of carbonyl (C=O) groups excluding carboxylic acids is 1. The van der Waals surface area contributed by atoms with Crippen molar-refractivity contribution in [3.63, 3.8) is 0 Å². The molecule has 0 spiro atoms. The highest BCUT2D eigenvalue weighted by Crippen LogP contribution is 2.17.